The molecule has 1 fully saturated rings. The zero-order chi connectivity index (χ0) is 21.9. The third kappa shape index (κ3) is 3.02. The van der Waals surface area contributed by atoms with Crippen LogP contribution in [0.2, 0.25) is 0 Å². The molecule has 0 saturated carbocycles. The van der Waals surface area contributed by atoms with E-state index in [4.69, 9.17) is 9.72 Å². The van der Waals surface area contributed by atoms with E-state index < -0.39 is 11.9 Å². The van der Waals surface area contributed by atoms with Crippen LogP contribution < -0.4 is 10.5 Å². The van der Waals surface area contributed by atoms with E-state index in [1.165, 1.54) is 28.4 Å². The fourth-order valence-electron chi connectivity index (χ4n) is 4.35. The first-order valence-corrected chi connectivity index (χ1v) is 10.5. The summed E-state index contributed by atoms with van der Waals surface area (Å²) in [5.74, 6) is -0.424. The number of nitrogens with one attached hydrogen (secondary N) is 1. The minimum atomic E-state index is -0.986. The van der Waals surface area contributed by atoms with Gasteiger partial charge in [0.05, 0.1) is 34.3 Å². The van der Waals surface area contributed by atoms with Crippen molar-refractivity contribution in [3.63, 3.8) is 0 Å². The number of fused-ring (bicyclic) bond motifs is 6. The number of nitrogens with zero attached hydrogens (tertiary/aromatic N) is 3. The highest BCUT2D eigenvalue weighted by molar-refractivity contribution is 7.23. The van der Waals surface area contributed by atoms with E-state index in [1.54, 1.807) is 25.4 Å². The van der Waals surface area contributed by atoms with Crippen LogP contribution in [0.1, 0.15) is 0 Å². The third-order valence-corrected chi connectivity index (χ3v) is 7.12. The topological polar surface area (TPSA) is 98.8 Å². The number of hydrogen-bond donors (Lipinski definition) is 2. The predicted molar refractivity (Wildman–Crippen MR) is 118 cm³/mol. The standard InChI is InChI=1S/C21H19FN4O4S/c1-25(14-8-26(21(28)29)9-15(14)30-2)20-24-17-11-4-3-10(22)7-13(11)16-12(18(17)31-20)5-6-23-19(16)27/h3-7,14-15H,8-9H2,1-2H3,(H,23,27)(H,28,29)/t14-,15-/m1/s1. The molecule has 2 atom stereocenters. The van der Waals surface area contributed by atoms with Crippen molar-refractivity contribution < 1.29 is 19.0 Å². The molecule has 5 rings (SSSR count). The molecule has 160 valence electrons. The van der Waals surface area contributed by atoms with Crippen LogP contribution in [0.25, 0.3) is 31.8 Å². The van der Waals surface area contributed by atoms with Gasteiger partial charge in [-0.15, -0.1) is 0 Å². The number of benzene rings is 2. The summed E-state index contributed by atoms with van der Waals surface area (Å²) in [7, 11) is 3.42. The lowest BCUT2D eigenvalue weighted by Gasteiger charge is -2.27. The highest BCUT2D eigenvalue weighted by atomic mass is 32.1. The number of halogens is 1. The number of pyridine rings is 1. The summed E-state index contributed by atoms with van der Waals surface area (Å²) >= 11 is 1.42. The van der Waals surface area contributed by atoms with Gasteiger partial charge in [-0.1, -0.05) is 11.3 Å². The molecule has 2 aromatic heterocycles. The molecule has 1 aliphatic heterocycles. The Balaban J connectivity index is 1.71. The van der Waals surface area contributed by atoms with Crippen LogP contribution in [0.15, 0.2) is 35.3 Å². The van der Waals surface area contributed by atoms with Crippen molar-refractivity contribution in [2.75, 3.05) is 32.1 Å². The number of likely N-dealkylation sites (tertiary alicyclic amines) is 1. The number of hydrogen-bond acceptors (Lipinski definition) is 6. The molecular weight excluding hydrogens is 423 g/mol. The Kier molecular flexibility index (Phi) is 4.56. The lowest BCUT2D eigenvalue weighted by atomic mass is 10.0. The fourth-order valence-corrected chi connectivity index (χ4v) is 5.48. The second kappa shape index (κ2) is 7.17. The average Bonchev–Trinajstić information content (AvgIpc) is 3.38. The molecule has 0 unspecified atom stereocenters. The summed E-state index contributed by atoms with van der Waals surface area (Å²) < 4.78 is 20.4. The Bertz CT molecular complexity index is 1400. The number of anilines is 1. The van der Waals surface area contributed by atoms with E-state index in [0.717, 1.165) is 4.70 Å². The Labute approximate surface area is 179 Å². The first-order valence-electron chi connectivity index (χ1n) is 9.65. The summed E-state index contributed by atoms with van der Waals surface area (Å²) in [5.41, 5.74) is 0.396. The van der Waals surface area contributed by atoms with Crippen LogP contribution in [-0.4, -0.2) is 65.5 Å². The van der Waals surface area contributed by atoms with Gasteiger partial charge in [-0.25, -0.2) is 14.2 Å². The molecule has 0 radical (unpaired) electrons. The molecule has 0 spiro atoms. The summed E-state index contributed by atoms with van der Waals surface area (Å²) in [4.78, 5) is 34.8. The van der Waals surface area contributed by atoms with Crippen LogP contribution in [-0.2, 0) is 4.74 Å². The van der Waals surface area contributed by atoms with Gasteiger partial charge in [0.25, 0.3) is 5.56 Å². The summed E-state index contributed by atoms with van der Waals surface area (Å²) in [6.45, 7) is 0.582. The van der Waals surface area contributed by atoms with Crippen LogP contribution in [0.5, 0.6) is 0 Å². The maximum atomic E-state index is 14.0. The largest absolute Gasteiger partial charge is 0.465 e. The van der Waals surface area contributed by atoms with Crippen molar-refractivity contribution in [3.8, 4) is 0 Å². The Morgan fingerprint density at radius 2 is 2.13 bits per heavy atom. The van der Waals surface area contributed by atoms with Gasteiger partial charge in [-0.3, -0.25) is 4.79 Å². The quantitative estimate of drug-likeness (QED) is 0.473. The lowest BCUT2D eigenvalue weighted by molar-refractivity contribution is 0.0945. The number of likely N-dealkylation sites (N-methyl/N-ethyl adjacent to an activating group) is 1. The van der Waals surface area contributed by atoms with E-state index >= 15 is 0 Å². The van der Waals surface area contributed by atoms with Gasteiger partial charge in [-0.2, -0.15) is 0 Å². The fraction of sp³-hybridized carbons (Fsp3) is 0.286. The van der Waals surface area contributed by atoms with E-state index in [-0.39, 0.29) is 24.2 Å². The number of ether oxygens (including phenoxy) is 1. The number of amides is 1. The first-order chi connectivity index (χ1) is 14.9. The van der Waals surface area contributed by atoms with Gasteiger partial charge < -0.3 is 24.6 Å². The number of rotatable bonds is 3. The zero-order valence-electron chi connectivity index (χ0n) is 16.8. The molecule has 1 amide bonds. The SMILES string of the molecule is CO[C@@H]1CN(C(=O)O)C[C@H]1N(C)c1nc2c3ccc(F)cc3c3c(=O)[nH]ccc3c2s1. The minimum Gasteiger partial charge on any atom is -0.465 e. The van der Waals surface area contributed by atoms with Crippen molar-refractivity contribution in [2.24, 2.45) is 0 Å². The first kappa shape index (κ1) is 19.7. The Morgan fingerprint density at radius 1 is 1.32 bits per heavy atom. The molecule has 2 aromatic carbocycles. The zero-order valence-corrected chi connectivity index (χ0v) is 17.6. The average molecular weight is 442 g/mol. The van der Waals surface area contributed by atoms with E-state index in [0.29, 0.717) is 38.7 Å². The number of thiazole rings is 1. The second-order valence-electron chi connectivity index (χ2n) is 7.60. The molecule has 1 aliphatic rings. The monoisotopic (exact) mass is 442 g/mol. The van der Waals surface area contributed by atoms with Crippen molar-refractivity contribution in [1.29, 1.82) is 0 Å². The number of aromatic amines is 1. The number of carboxylic acid groups (broad SMARTS) is 1. The van der Waals surface area contributed by atoms with Gasteiger partial charge in [-0.05, 0) is 24.3 Å². The Hall–Kier alpha value is -3.24. The van der Waals surface area contributed by atoms with Gasteiger partial charge in [0, 0.05) is 43.1 Å². The molecule has 0 aliphatic carbocycles. The third-order valence-electron chi connectivity index (χ3n) is 5.94. The molecule has 0 bridgehead atoms. The van der Waals surface area contributed by atoms with E-state index in [1.807, 2.05) is 11.9 Å². The number of carbonyl (C=O) groups is 1. The number of aromatic nitrogens is 2. The smallest absolute Gasteiger partial charge is 0.407 e. The summed E-state index contributed by atoms with van der Waals surface area (Å²) in [6.07, 6.45) is 0.292. The van der Waals surface area contributed by atoms with Crippen LogP contribution in [0.4, 0.5) is 14.3 Å². The molecule has 8 nitrogen and oxygen atoms in total. The molecule has 2 N–H and O–H groups in total. The van der Waals surface area contributed by atoms with Gasteiger partial charge in [0.1, 0.15) is 5.82 Å². The summed E-state index contributed by atoms with van der Waals surface area (Å²) in [6, 6.07) is 5.95. The van der Waals surface area contributed by atoms with E-state index in [9.17, 15) is 19.1 Å². The highest BCUT2D eigenvalue weighted by Gasteiger charge is 2.39. The maximum Gasteiger partial charge on any atom is 0.407 e. The number of methoxy groups -OCH3 is 1. The van der Waals surface area contributed by atoms with Crippen molar-refractivity contribution in [2.45, 2.75) is 12.1 Å². The molecular formula is C21H19FN4O4S. The normalized spacial score (nSPS) is 19.0. The second-order valence-corrected chi connectivity index (χ2v) is 8.58. The van der Waals surface area contributed by atoms with Crippen LogP contribution in [0.3, 0.4) is 0 Å². The lowest BCUT2D eigenvalue weighted by Crippen LogP contribution is -2.41. The molecule has 31 heavy (non-hydrogen) atoms. The molecule has 10 heteroatoms. The van der Waals surface area contributed by atoms with Crippen LogP contribution in [0, 0.1) is 5.82 Å². The van der Waals surface area contributed by atoms with Gasteiger partial charge >= 0.3 is 6.09 Å². The van der Waals surface area contributed by atoms with Crippen molar-refractivity contribution >= 4 is 54.3 Å². The molecule has 1 saturated heterocycles. The number of H-pyrrole nitrogens is 1. The van der Waals surface area contributed by atoms with E-state index in [2.05, 4.69) is 4.98 Å². The van der Waals surface area contributed by atoms with Crippen molar-refractivity contribution in [1.82, 2.24) is 14.9 Å². The maximum absolute atomic E-state index is 14.0. The Morgan fingerprint density at radius 3 is 2.87 bits per heavy atom. The summed E-state index contributed by atoms with van der Waals surface area (Å²) in [5, 5.41) is 12.4. The minimum absolute atomic E-state index is 0.208. The van der Waals surface area contributed by atoms with Gasteiger partial charge in [0.15, 0.2) is 5.13 Å². The molecule has 3 heterocycles. The predicted octanol–water partition coefficient (Wildman–Crippen LogP) is 3.24. The van der Waals surface area contributed by atoms with Gasteiger partial charge in [0.2, 0.25) is 0 Å². The van der Waals surface area contributed by atoms with Crippen LogP contribution >= 0.6 is 11.3 Å². The highest BCUT2D eigenvalue weighted by Crippen LogP contribution is 2.40. The van der Waals surface area contributed by atoms with Crippen molar-refractivity contribution in [3.05, 3.63) is 46.6 Å². The molecule has 4 aromatic rings.